The molecule has 0 saturated heterocycles. The maximum absolute atomic E-state index is 12.3. The van der Waals surface area contributed by atoms with E-state index in [9.17, 15) is 13.6 Å². The lowest BCUT2D eigenvalue weighted by atomic mass is 10.2. The van der Waals surface area contributed by atoms with Gasteiger partial charge in [0.05, 0.1) is 6.21 Å². The topological polar surface area (TPSA) is 50.7 Å². The number of nitrogens with zero attached hydrogens (tertiary/aromatic N) is 1. The molecule has 114 valence electrons. The lowest BCUT2D eigenvalue weighted by Gasteiger charge is -2.06. The normalized spacial score (nSPS) is 10.9. The average Bonchev–Trinajstić information content (AvgIpc) is 2.49. The number of hydrogen-bond acceptors (Lipinski definition) is 3. The predicted octanol–water partition coefficient (Wildman–Crippen LogP) is 3.81. The molecule has 0 fully saturated rings. The summed E-state index contributed by atoms with van der Waals surface area (Å²) in [5, 5.41) is 3.75. The van der Waals surface area contributed by atoms with Gasteiger partial charge < -0.3 is 4.74 Å². The number of carbonyl (C=O) groups is 1. The smallest absolute Gasteiger partial charge is 0.387 e. The summed E-state index contributed by atoms with van der Waals surface area (Å²) in [6.07, 6.45) is 1.24. The van der Waals surface area contributed by atoms with Crippen molar-refractivity contribution in [3.63, 3.8) is 0 Å². The van der Waals surface area contributed by atoms with Gasteiger partial charge in [0.2, 0.25) is 0 Å². The molecule has 7 heteroatoms. The number of nitrogens with one attached hydrogen (secondary N) is 1. The van der Waals surface area contributed by atoms with Crippen molar-refractivity contribution < 1.29 is 18.3 Å². The van der Waals surface area contributed by atoms with Gasteiger partial charge in [0.25, 0.3) is 5.91 Å². The van der Waals surface area contributed by atoms with E-state index in [1.807, 2.05) is 0 Å². The molecule has 0 unspecified atom stereocenters. The maximum atomic E-state index is 12.3. The molecule has 2 aromatic carbocycles. The Morgan fingerprint density at radius 2 is 1.86 bits per heavy atom. The first-order valence-electron chi connectivity index (χ1n) is 6.19. The van der Waals surface area contributed by atoms with E-state index in [0.29, 0.717) is 11.1 Å². The molecule has 0 spiro atoms. The van der Waals surface area contributed by atoms with Crippen LogP contribution in [0.3, 0.4) is 0 Å². The summed E-state index contributed by atoms with van der Waals surface area (Å²) in [5.41, 5.74) is 3.08. The summed E-state index contributed by atoms with van der Waals surface area (Å²) in [5.74, 6) is -0.421. The number of benzene rings is 2. The van der Waals surface area contributed by atoms with E-state index in [1.54, 1.807) is 42.5 Å². The Hall–Kier alpha value is -2.28. The second-order valence-corrected chi connectivity index (χ2v) is 5.04. The van der Waals surface area contributed by atoms with E-state index >= 15 is 0 Å². The molecule has 0 heterocycles. The van der Waals surface area contributed by atoms with Crippen molar-refractivity contribution in [3.8, 4) is 5.75 Å². The monoisotopic (exact) mass is 368 g/mol. The minimum absolute atomic E-state index is 0.0147. The zero-order valence-corrected chi connectivity index (χ0v) is 12.8. The van der Waals surface area contributed by atoms with Crippen LogP contribution in [0.2, 0.25) is 0 Å². The van der Waals surface area contributed by atoms with Crippen LogP contribution in [0.1, 0.15) is 15.9 Å². The second-order valence-electron chi connectivity index (χ2n) is 4.12. The molecule has 2 aromatic rings. The van der Waals surface area contributed by atoms with Gasteiger partial charge >= 0.3 is 6.61 Å². The van der Waals surface area contributed by atoms with Crippen molar-refractivity contribution in [1.29, 1.82) is 0 Å². The maximum Gasteiger partial charge on any atom is 0.387 e. The Balaban J connectivity index is 2.03. The van der Waals surface area contributed by atoms with Gasteiger partial charge in [-0.3, -0.25) is 4.79 Å². The van der Waals surface area contributed by atoms with Crippen LogP contribution in [0, 0.1) is 0 Å². The number of carbonyl (C=O) groups excluding carboxylic acids is 1. The van der Waals surface area contributed by atoms with E-state index in [4.69, 9.17) is 0 Å². The van der Waals surface area contributed by atoms with Crippen LogP contribution in [0.4, 0.5) is 8.78 Å². The van der Waals surface area contributed by atoms with Gasteiger partial charge in [-0.05, 0) is 36.4 Å². The van der Waals surface area contributed by atoms with E-state index in [2.05, 4.69) is 31.2 Å². The van der Waals surface area contributed by atoms with E-state index in [1.165, 1.54) is 12.3 Å². The van der Waals surface area contributed by atoms with Gasteiger partial charge in [-0.2, -0.15) is 13.9 Å². The number of hydrogen-bond donors (Lipinski definition) is 1. The van der Waals surface area contributed by atoms with E-state index in [0.717, 1.165) is 4.47 Å². The summed E-state index contributed by atoms with van der Waals surface area (Å²) in [6, 6.07) is 12.9. The molecule has 0 aliphatic heterocycles. The first-order valence-corrected chi connectivity index (χ1v) is 6.98. The number of alkyl halides is 2. The number of ether oxygens (including phenoxy) is 1. The third kappa shape index (κ3) is 4.63. The van der Waals surface area contributed by atoms with Gasteiger partial charge in [0.15, 0.2) is 0 Å². The van der Waals surface area contributed by atoms with E-state index < -0.39 is 12.5 Å². The van der Waals surface area contributed by atoms with Crippen molar-refractivity contribution in [3.05, 3.63) is 64.1 Å². The molecule has 0 aliphatic carbocycles. The molecule has 0 aromatic heterocycles. The van der Waals surface area contributed by atoms with Crippen molar-refractivity contribution in [2.45, 2.75) is 6.61 Å². The molecule has 1 N–H and O–H groups in total. The highest BCUT2D eigenvalue weighted by molar-refractivity contribution is 9.10. The van der Waals surface area contributed by atoms with Gasteiger partial charge in [0.1, 0.15) is 5.75 Å². The summed E-state index contributed by atoms with van der Waals surface area (Å²) >= 11 is 3.27. The minimum atomic E-state index is -2.92. The fourth-order valence-corrected chi connectivity index (χ4v) is 1.88. The molecular formula is C15H11BrF2N2O2. The van der Waals surface area contributed by atoms with Gasteiger partial charge in [0, 0.05) is 15.6 Å². The fraction of sp³-hybridized carbons (Fsp3) is 0.0667. The third-order valence-electron chi connectivity index (χ3n) is 2.61. The fourth-order valence-electron chi connectivity index (χ4n) is 1.62. The van der Waals surface area contributed by atoms with Crippen LogP contribution in [0.5, 0.6) is 5.75 Å². The molecule has 0 atom stereocenters. The molecule has 0 aliphatic rings. The molecule has 0 bridgehead atoms. The predicted molar refractivity (Wildman–Crippen MR) is 82.3 cm³/mol. The van der Waals surface area contributed by atoms with Crippen molar-refractivity contribution >= 4 is 28.1 Å². The number of halogens is 3. The number of amides is 1. The Morgan fingerprint density at radius 1 is 1.18 bits per heavy atom. The highest BCUT2D eigenvalue weighted by Gasteiger charge is 2.08. The molecule has 0 saturated carbocycles. The summed E-state index contributed by atoms with van der Waals surface area (Å²) in [6.45, 7) is -2.92. The Labute approximate surface area is 133 Å². The number of rotatable bonds is 5. The molecule has 4 nitrogen and oxygen atoms in total. The molecule has 22 heavy (non-hydrogen) atoms. The average molecular weight is 369 g/mol. The Kier molecular flexibility index (Phi) is 5.60. The number of para-hydroxylation sites is 1. The van der Waals surface area contributed by atoms with Crippen LogP contribution < -0.4 is 10.2 Å². The Bertz CT molecular complexity index is 675. The van der Waals surface area contributed by atoms with Crippen LogP contribution in [0.15, 0.2) is 58.1 Å². The first kappa shape index (κ1) is 16.1. The zero-order chi connectivity index (χ0) is 15.9. The highest BCUT2D eigenvalue weighted by Crippen LogP contribution is 2.18. The molecule has 1 amide bonds. The van der Waals surface area contributed by atoms with Crippen molar-refractivity contribution in [2.24, 2.45) is 5.10 Å². The lowest BCUT2D eigenvalue weighted by molar-refractivity contribution is -0.0499. The second kappa shape index (κ2) is 7.65. The van der Waals surface area contributed by atoms with Crippen LogP contribution >= 0.6 is 15.9 Å². The summed E-state index contributed by atoms with van der Waals surface area (Å²) in [7, 11) is 0. The highest BCUT2D eigenvalue weighted by atomic mass is 79.9. The lowest BCUT2D eigenvalue weighted by Crippen LogP contribution is -2.17. The largest absolute Gasteiger partial charge is 0.434 e. The van der Waals surface area contributed by atoms with Gasteiger partial charge in [-0.1, -0.05) is 28.1 Å². The Morgan fingerprint density at radius 3 is 2.55 bits per heavy atom. The van der Waals surface area contributed by atoms with Crippen molar-refractivity contribution in [1.82, 2.24) is 5.43 Å². The summed E-state index contributed by atoms with van der Waals surface area (Å²) < 4.78 is 29.7. The third-order valence-corrected chi connectivity index (χ3v) is 3.14. The molecule has 0 radical (unpaired) electrons. The van der Waals surface area contributed by atoms with Gasteiger partial charge in [-0.15, -0.1) is 0 Å². The SMILES string of the molecule is O=C(N/N=C/c1ccccc1OC(F)F)c1ccc(Br)cc1. The first-order chi connectivity index (χ1) is 10.6. The van der Waals surface area contributed by atoms with E-state index in [-0.39, 0.29) is 5.75 Å². The quantitative estimate of drug-likeness (QED) is 0.644. The minimum Gasteiger partial charge on any atom is -0.434 e. The number of hydrazone groups is 1. The van der Waals surface area contributed by atoms with Crippen LogP contribution in [-0.4, -0.2) is 18.7 Å². The van der Waals surface area contributed by atoms with Crippen LogP contribution in [-0.2, 0) is 0 Å². The standard InChI is InChI=1S/C15H11BrF2N2O2/c16-12-7-5-10(6-8-12)14(21)20-19-9-11-3-1-2-4-13(11)22-15(17)18/h1-9,15H,(H,20,21)/b19-9+. The molecular weight excluding hydrogens is 358 g/mol. The zero-order valence-electron chi connectivity index (χ0n) is 11.2. The molecule has 2 rings (SSSR count). The van der Waals surface area contributed by atoms with Crippen molar-refractivity contribution in [2.75, 3.05) is 0 Å². The summed E-state index contributed by atoms with van der Waals surface area (Å²) in [4.78, 5) is 11.8. The van der Waals surface area contributed by atoms with Gasteiger partial charge in [-0.25, -0.2) is 5.43 Å². The van der Waals surface area contributed by atoms with Crippen LogP contribution in [0.25, 0.3) is 0 Å².